The average Bonchev–Trinajstić information content (AvgIpc) is 3.01. The number of hydrogen-bond acceptors (Lipinski definition) is 8. The molecule has 238 valence electrons. The second-order valence-electron chi connectivity index (χ2n) is 10.0. The molecule has 0 spiro atoms. The normalized spacial score (nSPS) is 22.0. The number of likely N-dealkylation sites (tertiary alicyclic amines) is 1. The number of nitrogens with one attached hydrogen (secondary N) is 1. The Labute approximate surface area is 244 Å². The number of carbonyl (C=O) groups is 2. The molecule has 42 heavy (non-hydrogen) atoms. The lowest BCUT2D eigenvalue weighted by molar-refractivity contribution is -0.202. The smallest absolute Gasteiger partial charge is 0.416 e. The minimum absolute atomic E-state index is 0.00719. The number of benzene rings is 1. The fourth-order valence-electron chi connectivity index (χ4n) is 5.15. The Morgan fingerprint density at radius 1 is 1.00 bits per heavy atom. The van der Waals surface area contributed by atoms with Gasteiger partial charge in [0.25, 0.3) is 5.91 Å². The lowest BCUT2D eigenvalue weighted by atomic mass is 9.95. The SMILES string of the molecule is CC.COC(=O)N1CCC(C(=O)NOC2CCCCO2)(S(=O)(=O)N2CCC(Oc3ccc(C(F)(F)F)cc3)CC2)CC1. The molecule has 3 saturated heterocycles. The van der Waals surface area contributed by atoms with Crippen molar-refractivity contribution in [2.75, 3.05) is 39.9 Å². The number of ether oxygens (including phenoxy) is 3. The quantitative estimate of drug-likeness (QED) is 0.451. The van der Waals surface area contributed by atoms with Gasteiger partial charge in [0.05, 0.1) is 12.7 Å². The molecule has 11 nitrogen and oxygen atoms in total. The van der Waals surface area contributed by atoms with Crippen LogP contribution in [0.25, 0.3) is 0 Å². The molecule has 0 bridgehead atoms. The lowest BCUT2D eigenvalue weighted by Gasteiger charge is -2.43. The molecule has 0 aliphatic carbocycles. The number of piperidine rings is 2. The second kappa shape index (κ2) is 14.7. The van der Waals surface area contributed by atoms with Crippen molar-refractivity contribution in [1.29, 1.82) is 0 Å². The number of rotatable bonds is 7. The molecule has 0 aromatic heterocycles. The monoisotopic (exact) mass is 623 g/mol. The maximum absolute atomic E-state index is 14.0. The third-order valence-electron chi connectivity index (χ3n) is 7.56. The molecular formula is C27H40F3N3O8S. The minimum Gasteiger partial charge on any atom is -0.490 e. The molecule has 0 radical (unpaired) electrons. The molecule has 1 unspecified atom stereocenters. The fourth-order valence-corrected chi connectivity index (χ4v) is 7.31. The Kier molecular flexibility index (Phi) is 11.9. The van der Waals surface area contributed by atoms with Crippen molar-refractivity contribution in [3.63, 3.8) is 0 Å². The molecular weight excluding hydrogens is 583 g/mol. The van der Waals surface area contributed by atoms with Crippen LogP contribution < -0.4 is 10.2 Å². The van der Waals surface area contributed by atoms with E-state index in [-0.39, 0.29) is 57.6 Å². The van der Waals surface area contributed by atoms with Crippen LogP contribution in [0.1, 0.15) is 64.4 Å². The number of carbonyl (C=O) groups excluding carboxylic acids is 2. The van der Waals surface area contributed by atoms with E-state index in [2.05, 4.69) is 5.48 Å². The number of amides is 2. The highest BCUT2D eigenvalue weighted by Gasteiger charge is 2.56. The summed E-state index contributed by atoms with van der Waals surface area (Å²) in [5.41, 5.74) is 1.52. The molecule has 3 aliphatic heterocycles. The molecule has 0 saturated carbocycles. The van der Waals surface area contributed by atoms with Gasteiger partial charge in [-0.3, -0.25) is 4.79 Å². The van der Waals surface area contributed by atoms with E-state index < -0.39 is 50.9 Å². The van der Waals surface area contributed by atoms with Gasteiger partial charge in [-0.2, -0.15) is 13.2 Å². The summed E-state index contributed by atoms with van der Waals surface area (Å²) < 4.78 is 81.8. The van der Waals surface area contributed by atoms with Crippen molar-refractivity contribution < 1.29 is 50.2 Å². The van der Waals surface area contributed by atoms with Crippen LogP contribution >= 0.6 is 0 Å². The van der Waals surface area contributed by atoms with Crippen molar-refractivity contribution in [3.05, 3.63) is 29.8 Å². The molecule has 1 atom stereocenters. The van der Waals surface area contributed by atoms with Crippen molar-refractivity contribution in [2.45, 2.75) is 82.1 Å². The summed E-state index contributed by atoms with van der Waals surface area (Å²) in [6.07, 6.45) is -3.65. The first-order chi connectivity index (χ1) is 20.0. The van der Waals surface area contributed by atoms with Crippen LogP contribution in [0.15, 0.2) is 24.3 Å². The van der Waals surface area contributed by atoms with Crippen molar-refractivity contribution in [3.8, 4) is 5.75 Å². The van der Waals surface area contributed by atoms with E-state index >= 15 is 0 Å². The highest BCUT2D eigenvalue weighted by Crippen LogP contribution is 2.36. The molecule has 3 heterocycles. The predicted octanol–water partition coefficient (Wildman–Crippen LogP) is 4.08. The van der Waals surface area contributed by atoms with Crippen molar-refractivity contribution >= 4 is 22.0 Å². The van der Waals surface area contributed by atoms with Gasteiger partial charge < -0.3 is 19.1 Å². The molecule has 1 N–H and O–H groups in total. The first kappa shape index (κ1) is 33.9. The van der Waals surface area contributed by atoms with Crippen LogP contribution in [0.2, 0.25) is 0 Å². The summed E-state index contributed by atoms with van der Waals surface area (Å²) in [6, 6.07) is 4.32. The van der Waals surface area contributed by atoms with Crippen LogP contribution in [0, 0.1) is 0 Å². The van der Waals surface area contributed by atoms with E-state index in [0.29, 0.717) is 13.0 Å². The Morgan fingerprint density at radius 2 is 1.62 bits per heavy atom. The van der Waals surface area contributed by atoms with Crippen LogP contribution in [0.5, 0.6) is 5.75 Å². The van der Waals surface area contributed by atoms with Gasteiger partial charge in [-0.25, -0.2) is 27.8 Å². The lowest BCUT2D eigenvalue weighted by Crippen LogP contribution is -2.63. The Balaban J connectivity index is 0.00000237. The zero-order chi connectivity index (χ0) is 31.0. The highest BCUT2D eigenvalue weighted by molar-refractivity contribution is 7.91. The Bertz CT molecular complexity index is 1130. The van der Waals surface area contributed by atoms with Crippen LogP contribution in [-0.2, 0) is 35.3 Å². The molecule has 3 aliphatic rings. The van der Waals surface area contributed by atoms with Gasteiger partial charge in [0.1, 0.15) is 11.9 Å². The molecule has 4 rings (SSSR count). The average molecular weight is 624 g/mol. The molecule has 1 aromatic rings. The maximum atomic E-state index is 14.0. The van der Waals surface area contributed by atoms with Crippen LogP contribution in [0.4, 0.5) is 18.0 Å². The topological polar surface area (TPSA) is 124 Å². The third-order valence-corrected chi connectivity index (χ3v) is 10.2. The van der Waals surface area contributed by atoms with Gasteiger partial charge in [-0.15, -0.1) is 0 Å². The van der Waals surface area contributed by atoms with Crippen LogP contribution in [-0.4, -0.2) is 86.7 Å². The van der Waals surface area contributed by atoms with Crippen LogP contribution in [0.3, 0.4) is 0 Å². The van der Waals surface area contributed by atoms with E-state index in [1.807, 2.05) is 13.8 Å². The number of methoxy groups -OCH3 is 1. The van der Waals surface area contributed by atoms with Crippen molar-refractivity contribution in [2.24, 2.45) is 0 Å². The van der Waals surface area contributed by atoms with E-state index in [9.17, 15) is 31.2 Å². The molecule has 15 heteroatoms. The van der Waals surface area contributed by atoms with E-state index in [1.54, 1.807) is 0 Å². The first-order valence-corrected chi connectivity index (χ1v) is 15.6. The number of halogens is 3. The highest BCUT2D eigenvalue weighted by atomic mass is 32.2. The zero-order valence-corrected chi connectivity index (χ0v) is 25.0. The second-order valence-corrected chi connectivity index (χ2v) is 12.3. The summed E-state index contributed by atoms with van der Waals surface area (Å²) in [7, 11) is -3.01. The Hall–Kier alpha value is -2.62. The Morgan fingerprint density at radius 3 is 2.14 bits per heavy atom. The number of hydrogen-bond donors (Lipinski definition) is 1. The van der Waals surface area contributed by atoms with Gasteiger partial charge in [0.2, 0.25) is 10.0 Å². The fraction of sp³-hybridized carbons (Fsp3) is 0.704. The molecule has 1 aromatic carbocycles. The maximum Gasteiger partial charge on any atom is 0.416 e. The van der Waals surface area contributed by atoms with Gasteiger partial charge >= 0.3 is 12.3 Å². The van der Waals surface area contributed by atoms with E-state index in [1.165, 1.54) is 28.4 Å². The first-order valence-electron chi connectivity index (χ1n) is 14.2. The summed E-state index contributed by atoms with van der Waals surface area (Å²) >= 11 is 0. The van der Waals surface area contributed by atoms with Gasteiger partial charge in [0.15, 0.2) is 11.0 Å². The number of alkyl halides is 3. The number of sulfonamides is 1. The molecule has 2 amide bonds. The largest absolute Gasteiger partial charge is 0.490 e. The zero-order valence-electron chi connectivity index (χ0n) is 24.2. The minimum atomic E-state index is -4.46. The summed E-state index contributed by atoms with van der Waals surface area (Å²) in [5.74, 6) is -0.572. The standard InChI is InChI=1S/C25H34F3N3O8S.C2H6/c1-36-23(33)30-15-11-24(12-16-30,22(32)29-39-21-4-2-3-17-37-21)40(34,35)31-13-9-20(10-14-31)38-19-7-5-18(6-8-19)25(26,27)28;1-2/h5-8,20-21H,2-4,9-17H2,1H3,(H,29,32);1-2H3. The summed E-state index contributed by atoms with van der Waals surface area (Å²) in [4.78, 5) is 32.2. The number of nitrogens with zero attached hydrogens (tertiary/aromatic N) is 2. The summed E-state index contributed by atoms with van der Waals surface area (Å²) in [6.45, 7) is 4.56. The predicted molar refractivity (Wildman–Crippen MR) is 146 cm³/mol. The third kappa shape index (κ3) is 7.85. The van der Waals surface area contributed by atoms with Crippen molar-refractivity contribution in [1.82, 2.24) is 14.7 Å². The van der Waals surface area contributed by atoms with Gasteiger partial charge in [0, 0.05) is 39.2 Å². The van der Waals surface area contributed by atoms with E-state index in [0.717, 1.165) is 25.0 Å². The molecule has 3 fully saturated rings. The van der Waals surface area contributed by atoms with Gasteiger partial charge in [-0.1, -0.05) is 13.8 Å². The summed E-state index contributed by atoms with van der Waals surface area (Å²) in [5, 5.41) is 0. The van der Waals surface area contributed by atoms with E-state index in [4.69, 9.17) is 19.0 Å². The van der Waals surface area contributed by atoms with Gasteiger partial charge in [-0.05, 0) is 62.8 Å². The number of hydroxylamine groups is 1.